The Kier molecular flexibility index (Phi) is 9.73. The summed E-state index contributed by atoms with van der Waals surface area (Å²) in [6, 6.07) is 19.8. The number of nitrogens with one attached hydrogen (secondary N) is 1. The molecule has 0 aliphatic heterocycles. The van der Waals surface area contributed by atoms with Crippen LogP contribution in [0, 0.1) is 13.8 Å². The molecular formula is C29H34BrN3O4S. The molecule has 1 atom stereocenters. The van der Waals surface area contributed by atoms with E-state index in [1.165, 1.54) is 17.0 Å². The van der Waals surface area contributed by atoms with E-state index < -0.39 is 28.5 Å². The quantitative estimate of drug-likeness (QED) is 0.347. The molecule has 0 heterocycles. The molecule has 0 aliphatic carbocycles. The summed E-state index contributed by atoms with van der Waals surface area (Å²) in [6.07, 6.45) is 0. The number of sulfonamides is 1. The number of rotatable bonds is 10. The van der Waals surface area contributed by atoms with Gasteiger partial charge in [0, 0.05) is 17.1 Å². The van der Waals surface area contributed by atoms with Crippen LogP contribution in [-0.2, 0) is 26.2 Å². The lowest BCUT2D eigenvalue weighted by Crippen LogP contribution is -2.52. The zero-order valence-electron chi connectivity index (χ0n) is 22.3. The number of hydrogen-bond acceptors (Lipinski definition) is 4. The number of benzene rings is 3. The van der Waals surface area contributed by atoms with Crippen molar-refractivity contribution in [2.24, 2.45) is 0 Å². The molecule has 1 N–H and O–H groups in total. The van der Waals surface area contributed by atoms with Crippen LogP contribution in [0.1, 0.15) is 37.5 Å². The monoisotopic (exact) mass is 599 g/mol. The maximum Gasteiger partial charge on any atom is 0.264 e. The second-order valence-corrected chi connectivity index (χ2v) is 12.4. The van der Waals surface area contributed by atoms with E-state index in [0.29, 0.717) is 5.69 Å². The second-order valence-electron chi connectivity index (χ2n) is 9.58. The topological polar surface area (TPSA) is 86.8 Å². The van der Waals surface area contributed by atoms with Crippen LogP contribution in [0.15, 0.2) is 82.2 Å². The fourth-order valence-corrected chi connectivity index (χ4v) is 5.82. The summed E-state index contributed by atoms with van der Waals surface area (Å²) in [5, 5.41) is 2.86. The molecule has 0 unspecified atom stereocenters. The molecule has 0 radical (unpaired) electrons. The van der Waals surface area contributed by atoms with E-state index in [9.17, 15) is 18.0 Å². The average molecular weight is 601 g/mol. The van der Waals surface area contributed by atoms with E-state index in [2.05, 4.69) is 21.2 Å². The number of hydrogen-bond donors (Lipinski definition) is 1. The van der Waals surface area contributed by atoms with Gasteiger partial charge in [0.2, 0.25) is 11.8 Å². The van der Waals surface area contributed by atoms with Crippen molar-refractivity contribution >= 4 is 43.5 Å². The van der Waals surface area contributed by atoms with Crippen molar-refractivity contribution in [3.05, 3.63) is 94.0 Å². The highest BCUT2D eigenvalue weighted by atomic mass is 79.9. The Hall–Kier alpha value is -3.17. The molecule has 0 bridgehead atoms. The van der Waals surface area contributed by atoms with Gasteiger partial charge >= 0.3 is 0 Å². The Morgan fingerprint density at radius 3 is 2.18 bits per heavy atom. The zero-order chi connectivity index (χ0) is 28.0. The molecular weight excluding hydrogens is 566 g/mol. The third-order valence-electron chi connectivity index (χ3n) is 6.23. The predicted octanol–water partition coefficient (Wildman–Crippen LogP) is 5.20. The van der Waals surface area contributed by atoms with Gasteiger partial charge in [-0.2, -0.15) is 0 Å². The second kappa shape index (κ2) is 12.6. The van der Waals surface area contributed by atoms with Gasteiger partial charge in [0.15, 0.2) is 0 Å². The van der Waals surface area contributed by atoms with Crippen LogP contribution < -0.4 is 9.62 Å². The molecule has 0 spiro atoms. The number of nitrogens with zero attached hydrogens (tertiary/aromatic N) is 2. The van der Waals surface area contributed by atoms with Gasteiger partial charge in [-0.15, -0.1) is 0 Å². The van der Waals surface area contributed by atoms with E-state index in [1.54, 1.807) is 37.3 Å². The number of aryl methyl sites for hydroxylation is 2. The molecule has 7 nitrogen and oxygen atoms in total. The lowest BCUT2D eigenvalue weighted by atomic mass is 10.1. The van der Waals surface area contributed by atoms with Crippen LogP contribution in [0.3, 0.4) is 0 Å². The minimum atomic E-state index is -4.08. The van der Waals surface area contributed by atoms with Crippen molar-refractivity contribution in [2.75, 3.05) is 10.8 Å². The van der Waals surface area contributed by atoms with Crippen molar-refractivity contribution in [1.82, 2.24) is 10.2 Å². The summed E-state index contributed by atoms with van der Waals surface area (Å²) in [7, 11) is -4.08. The van der Waals surface area contributed by atoms with Crippen LogP contribution in [0.2, 0.25) is 0 Å². The van der Waals surface area contributed by atoms with Crippen LogP contribution in [0.4, 0.5) is 5.69 Å². The number of carbonyl (C=O) groups excluding carboxylic acids is 2. The summed E-state index contributed by atoms with van der Waals surface area (Å²) in [6.45, 7) is 8.85. The molecule has 3 rings (SSSR count). The Morgan fingerprint density at radius 1 is 0.895 bits per heavy atom. The minimum Gasteiger partial charge on any atom is -0.352 e. The summed E-state index contributed by atoms with van der Waals surface area (Å²) < 4.78 is 29.6. The first-order valence-electron chi connectivity index (χ1n) is 12.4. The number of halogens is 1. The third-order valence-corrected chi connectivity index (χ3v) is 8.51. The predicted molar refractivity (Wildman–Crippen MR) is 154 cm³/mol. The van der Waals surface area contributed by atoms with Gasteiger partial charge in [-0.3, -0.25) is 13.9 Å². The van der Waals surface area contributed by atoms with E-state index in [4.69, 9.17) is 0 Å². The van der Waals surface area contributed by atoms with Crippen molar-refractivity contribution in [1.29, 1.82) is 0 Å². The molecule has 0 fully saturated rings. The molecule has 202 valence electrons. The van der Waals surface area contributed by atoms with Gasteiger partial charge in [0.1, 0.15) is 12.6 Å². The number of carbonyl (C=O) groups is 2. The van der Waals surface area contributed by atoms with Crippen molar-refractivity contribution in [3.8, 4) is 0 Å². The number of anilines is 1. The lowest BCUT2D eigenvalue weighted by molar-refractivity contribution is -0.139. The summed E-state index contributed by atoms with van der Waals surface area (Å²) in [5.41, 5.74) is 3.10. The molecule has 38 heavy (non-hydrogen) atoms. The van der Waals surface area contributed by atoms with Crippen LogP contribution in [-0.4, -0.2) is 43.8 Å². The fraction of sp³-hybridized carbons (Fsp3) is 0.310. The van der Waals surface area contributed by atoms with Gasteiger partial charge in [-0.1, -0.05) is 52.3 Å². The fourth-order valence-electron chi connectivity index (χ4n) is 3.95. The van der Waals surface area contributed by atoms with Gasteiger partial charge in [-0.05, 0) is 87.7 Å². The first-order chi connectivity index (χ1) is 17.9. The van der Waals surface area contributed by atoms with Crippen molar-refractivity contribution in [2.45, 2.75) is 58.1 Å². The van der Waals surface area contributed by atoms with E-state index >= 15 is 0 Å². The largest absolute Gasteiger partial charge is 0.352 e. The number of amides is 2. The smallest absolute Gasteiger partial charge is 0.264 e. The standard InChI is InChI=1S/C29H34BrN3O4S/c1-20(2)31-29(35)23(5)32(18-24-10-9-11-25(30)17-24)28(34)19-33(26-15-14-21(3)22(4)16-26)38(36,37)27-12-7-6-8-13-27/h6-17,20,23H,18-19H2,1-5H3,(H,31,35)/t23-/m1/s1. The maximum absolute atomic E-state index is 13.9. The normalized spacial score (nSPS) is 12.2. The molecule has 3 aromatic rings. The Balaban J connectivity index is 2.05. The van der Waals surface area contributed by atoms with Gasteiger partial charge < -0.3 is 10.2 Å². The minimum absolute atomic E-state index is 0.0789. The van der Waals surface area contributed by atoms with E-state index in [-0.39, 0.29) is 23.4 Å². The van der Waals surface area contributed by atoms with Crippen molar-refractivity contribution < 1.29 is 18.0 Å². The molecule has 3 aromatic carbocycles. The molecule has 2 amide bonds. The Morgan fingerprint density at radius 2 is 1.58 bits per heavy atom. The molecule has 0 saturated carbocycles. The SMILES string of the molecule is Cc1ccc(N(CC(=O)N(Cc2cccc(Br)c2)[C@H](C)C(=O)NC(C)C)S(=O)(=O)c2ccccc2)cc1C. The molecule has 9 heteroatoms. The maximum atomic E-state index is 13.9. The first-order valence-corrected chi connectivity index (χ1v) is 14.6. The summed E-state index contributed by atoms with van der Waals surface area (Å²) in [4.78, 5) is 28.4. The summed E-state index contributed by atoms with van der Waals surface area (Å²) >= 11 is 3.45. The van der Waals surface area contributed by atoms with Crippen molar-refractivity contribution in [3.63, 3.8) is 0 Å². The summed E-state index contributed by atoms with van der Waals surface area (Å²) in [5.74, 6) is -0.805. The van der Waals surface area contributed by atoms with Crippen LogP contribution >= 0.6 is 15.9 Å². The highest BCUT2D eigenvalue weighted by Gasteiger charge is 2.32. The van der Waals surface area contributed by atoms with Gasteiger partial charge in [-0.25, -0.2) is 8.42 Å². The van der Waals surface area contributed by atoms with Gasteiger partial charge in [0.05, 0.1) is 10.6 Å². The Bertz CT molecular complexity index is 1390. The molecule has 0 aromatic heterocycles. The van der Waals surface area contributed by atoms with Crippen LogP contribution in [0.5, 0.6) is 0 Å². The van der Waals surface area contributed by atoms with Crippen LogP contribution in [0.25, 0.3) is 0 Å². The average Bonchev–Trinajstić information content (AvgIpc) is 2.87. The Labute approximate surface area is 234 Å². The highest BCUT2D eigenvalue weighted by molar-refractivity contribution is 9.10. The third kappa shape index (κ3) is 7.23. The van der Waals surface area contributed by atoms with Gasteiger partial charge in [0.25, 0.3) is 10.0 Å². The molecule has 0 aliphatic rings. The van der Waals surface area contributed by atoms with E-state index in [0.717, 1.165) is 25.5 Å². The van der Waals surface area contributed by atoms with E-state index in [1.807, 2.05) is 58.0 Å². The lowest BCUT2D eigenvalue weighted by Gasteiger charge is -2.32. The zero-order valence-corrected chi connectivity index (χ0v) is 24.7. The molecule has 0 saturated heterocycles. The highest BCUT2D eigenvalue weighted by Crippen LogP contribution is 2.26. The first kappa shape index (κ1) is 29.4.